The molecule has 1 aromatic rings. The third kappa shape index (κ3) is 6.64. The Morgan fingerprint density at radius 2 is 1.88 bits per heavy atom. The van der Waals surface area contributed by atoms with Crippen LogP contribution in [0, 0.1) is 12.3 Å². The van der Waals surface area contributed by atoms with Crippen molar-refractivity contribution in [2.24, 2.45) is 10.4 Å². The van der Waals surface area contributed by atoms with E-state index in [2.05, 4.69) is 40.9 Å². The molecule has 1 aromatic carbocycles. The van der Waals surface area contributed by atoms with E-state index >= 15 is 0 Å². The average molecular weight is 348 g/mol. The molecule has 0 saturated heterocycles. The van der Waals surface area contributed by atoms with Gasteiger partial charge in [0.15, 0.2) is 5.96 Å². The van der Waals surface area contributed by atoms with Crippen molar-refractivity contribution in [2.45, 2.75) is 40.7 Å². The highest BCUT2D eigenvalue weighted by atomic mass is 16.5. The number of benzene rings is 1. The van der Waals surface area contributed by atoms with Gasteiger partial charge in [-0.2, -0.15) is 0 Å². The lowest BCUT2D eigenvalue weighted by molar-refractivity contribution is -0.128. The molecule has 0 bridgehead atoms. The number of carbonyl (C=O) groups is 1. The zero-order valence-electron chi connectivity index (χ0n) is 16.5. The first kappa shape index (κ1) is 20.8. The highest BCUT2D eigenvalue weighted by molar-refractivity contribution is 5.82. The number of guanidine groups is 1. The van der Waals surface area contributed by atoms with Gasteiger partial charge in [-0.3, -0.25) is 9.79 Å². The van der Waals surface area contributed by atoms with Gasteiger partial charge >= 0.3 is 0 Å². The lowest BCUT2D eigenvalue weighted by Gasteiger charge is -2.21. The van der Waals surface area contributed by atoms with E-state index in [0.29, 0.717) is 19.0 Å². The van der Waals surface area contributed by atoms with E-state index in [9.17, 15) is 4.79 Å². The zero-order valence-corrected chi connectivity index (χ0v) is 16.5. The summed E-state index contributed by atoms with van der Waals surface area (Å²) in [6.45, 7) is 10.9. The molecule has 0 aromatic heterocycles. The number of aliphatic imine (C=N–C) groups is 1. The molecule has 140 valence electrons. The van der Waals surface area contributed by atoms with Crippen LogP contribution in [0.1, 0.15) is 44.9 Å². The number of carbonyl (C=O) groups excluding carboxylic acids is 1. The maximum atomic E-state index is 11.8. The molecule has 1 rings (SSSR count). The van der Waals surface area contributed by atoms with Gasteiger partial charge in [0.2, 0.25) is 5.91 Å². The molecule has 0 radical (unpaired) electrons. The highest BCUT2D eigenvalue weighted by Crippen LogP contribution is 2.25. The van der Waals surface area contributed by atoms with Crippen molar-refractivity contribution in [3.05, 3.63) is 29.3 Å². The molecule has 1 amide bonds. The number of hydrogen-bond acceptors (Lipinski definition) is 3. The summed E-state index contributed by atoms with van der Waals surface area (Å²) in [6.07, 6.45) is 0. The number of nitrogens with one attached hydrogen (secondary N) is 3. The maximum Gasteiger partial charge on any atom is 0.225 e. The molecule has 0 spiro atoms. The molecule has 0 aliphatic carbocycles. The van der Waals surface area contributed by atoms with E-state index in [1.54, 1.807) is 14.2 Å². The summed E-state index contributed by atoms with van der Waals surface area (Å²) in [6, 6.07) is 6.14. The van der Waals surface area contributed by atoms with Crippen molar-refractivity contribution in [3.8, 4) is 5.75 Å². The van der Waals surface area contributed by atoms with E-state index < -0.39 is 0 Å². The summed E-state index contributed by atoms with van der Waals surface area (Å²) in [5.74, 6) is 1.56. The molecule has 0 saturated carbocycles. The third-order valence-electron chi connectivity index (χ3n) is 3.81. The monoisotopic (exact) mass is 348 g/mol. The largest absolute Gasteiger partial charge is 0.496 e. The lowest BCUT2D eigenvalue weighted by Crippen LogP contribution is -2.44. The second kappa shape index (κ2) is 9.30. The predicted octanol–water partition coefficient (Wildman–Crippen LogP) is 2.39. The summed E-state index contributed by atoms with van der Waals surface area (Å²) in [5.41, 5.74) is 1.87. The second-order valence-corrected chi connectivity index (χ2v) is 7.12. The average Bonchev–Trinajstić information content (AvgIpc) is 2.56. The van der Waals surface area contributed by atoms with Crippen LogP contribution in [0.15, 0.2) is 23.2 Å². The van der Waals surface area contributed by atoms with Crippen molar-refractivity contribution < 1.29 is 9.53 Å². The molecular weight excluding hydrogens is 316 g/mol. The highest BCUT2D eigenvalue weighted by Gasteiger charge is 2.20. The number of rotatable bonds is 6. The summed E-state index contributed by atoms with van der Waals surface area (Å²) >= 11 is 0. The smallest absolute Gasteiger partial charge is 0.225 e. The molecule has 0 aliphatic heterocycles. The Labute approximate surface area is 151 Å². The van der Waals surface area contributed by atoms with Gasteiger partial charge in [-0.1, -0.05) is 38.5 Å². The van der Waals surface area contributed by atoms with Crippen molar-refractivity contribution in [2.75, 3.05) is 27.2 Å². The molecule has 1 unspecified atom stereocenters. The summed E-state index contributed by atoms with van der Waals surface area (Å²) in [5, 5.41) is 9.47. The van der Waals surface area contributed by atoms with Crippen LogP contribution < -0.4 is 20.7 Å². The summed E-state index contributed by atoms with van der Waals surface area (Å²) in [7, 11) is 3.40. The van der Waals surface area contributed by atoms with Crippen molar-refractivity contribution in [1.29, 1.82) is 0 Å². The Morgan fingerprint density at radius 3 is 2.44 bits per heavy atom. The molecular formula is C19H32N4O2. The standard InChI is InChI=1S/C19H32N4O2/c1-13-8-9-16(25-7)15(12-13)14(2)23-18(20-6)22-11-10-21-17(24)19(3,4)5/h8-9,12,14H,10-11H2,1-7H3,(H,21,24)(H2,20,22,23). The third-order valence-corrected chi connectivity index (χ3v) is 3.81. The molecule has 1 atom stereocenters. The molecule has 0 aliphatic rings. The normalized spacial score (nSPS) is 13.2. The number of aryl methyl sites for hydroxylation is 1. The SMILES string of the molecule is CN=C(NCCNC(=O)C(C)(C)C)NC(C)c1cc(C)ccc1OC. The van der Waals surface area contributed by atoms with Gasteiger partial charge in [-0.15, -0.1) is 0 Å². The summed E-state index contributed by atoms with van der Waals surface area (Å²) < 4.78 is 5.45. The minimum absolute atomic E-state index is 0.0326. The van der Waals surface area contributed by atoms with E-state index in [0.717, 1.165) is 11.3 Å². The molecule has 0 heterocycles. The quantitative estimate of drug-likeness (QED) is 0.419. The van der Waals surface area contributed by atoms with Crippen LogP contribution in [0.5, 0.6) is 5.75 Å². The Balaban J connectivity index is 2.56. The molecule has 0 fully saturated rings. The molecule has 6 heteroatoms. The van der Waals surface area contributed by atoms with Crippen LogP contribution in [0.4, 0.5) is 0 Å². The van der Waals surface area contributed by atoms with Gasteiger partial charge in [-0.25, -0.2) is 0 Å². The Hall–Kier alpha value is -2.24. The maximum absolute atomic E-state index is 11.8. The fourth-order valence-corrected chi connectivity index (χ4v) is 2.29. The van der Waals surface area contributed by atoms with Gasteiger partial charge in [0.05, 0.1) is 13.2 Å². The minimum atomic E-state index is -0.379. The van der Waals surface area contributed by atoms with E-state index in [4.69, 9.17) is 4.74 Å². The zero-order chi connectivity index (χ0) is 19.0. The Bertz CT molecular complexity index is 606. The second-order valence-electron chi connectivity index (χ2n) is 7.12. The van der Waals surface area contributed by atoms with Gasteiger partial charge in [0.1, 0.15) is 5.75 Å². The Kier molecular flexibility index (Phi) is 7.74. The van der Waals surface area contributed by atoms with Crippen LogP contribution in [-0.2, 0) is 4.79 Å². The van der Waals surface area contributed by atoms with E-state index in [-0.39, 0.29) is 17.4 Å². The van der Waals surface area contributed by atoms with Crippen LogP contribution in [0.3, 0.4) is 0 Å². The number of hydrogen-bond donors (Lipinski definition) is 3. The first-order valence-electron chi connectivity index (χ1n) is 8.59. The Morgan fingerprint density at radius 1 is 1.24 bits per heavy atom. The van der Waals surface area contributed by atoms with Crippen molar-refractivity contribution in [1.82, 2.24) is 16.0 Å². The van der Waals surface area contributed by atoms with Crippen LogP contribution in [0.25, 0.3) is 0 Å². The van der Waals surface area contributed by atoms with E-state index in [1.165, 1.54) is 5.56 Å². The van der Waals surface area contributed by atoms with Gasteiger partial charge in [-0.05, 0) is 19.9 Å². The first-order chi connectivity index (χ1) is 11.7. The number of methoxy groups -OCH3 is 1. The predicted molar refractivity (Wildman–Crippen MR) is 103 cm³/mol. The summed E-state index contributed by atoms with van der Waals surface area (Å²) in [4.78, 5) is 16.1. The minimum Gasteiger partial charge on any atom is -0.496 e. The number of nitrogens with zero attached hydrogens (tertiary/aromatic N) is 1. The fraction of sp³-hybridized carbons (Fsp3) is 0.579. The van der Waals surface area contributed by atoms with Crippen LogP contribution in [-0.4, -0.2) is 39.1 Å². The molecule has 25 heavy (non-hydrogen) atoms. The van der Waals surface area contributed by atoms with Crippen molar-refractivity contribution >= 4 is 11.9 Å². The lowest BCUT2D eigenvalue weighted by atomic mass is 9.96. The number of amides is 1. The van der Waals surface area contributed by atoms with Gasteiger partial charge in [0.25, 0.3) is 0 Å². The van der Waals surface area contributed by atoms with Crippen LogP contribution in [0.2, 0.25) is 0 Å². The molecule has 3 N–H and O–H groups in total. The topological polar surface area (TPSA) is 74.8 Å². The van der Waals surface area contributed by atoms with Gasteiger partial charge < -0.3 is 20.7 Å². The van der Waals surface area contributed by atoms with Crippen LogP contribution >= 0.6 is 0 Å². The van der Waals surface area contributed by atoms with Gasteiger partial charge in [0, 0.05) is 31.1 Å². The number of ether oxygens (including phenoxy) is 1. The first-order valence-corrected chi connectivity index (χ1v) is 8.59. The fourth-order valence-electron chi connectivity index (χ4n) is 2.29. The van der Waals surface area contributed by atoms with E-state index in [1.807, 2.05) is 32.9 Å². The molecule has 6 nitrogen and oxygen atoms in total. The van der Waals surface area contributed by atoms with Crippen molar-refractivity contribution in [3.63, 3.8) is 0 Å².